The molecule has 1 heterocycles. The average molecular weight is 142 g/mol. The van der Waals surface area contributed by atoms with Crippen LogP contribution in [0.1, 0.15) is 0 Å². The van der Waals surface area contributed by atoms with Crippen LogP contribution in [0.15, 0.2) is 23.0 Å². The molecule has 1 rings (SSSR count). The third kappa shape index (κ3) is 2.48. The SMILES string of the molecule is [CH]1/C=C\S/C=C\[CH]S1. The quantitative estimate of drug-likeness (QED) is 0.510. The first-order valence-electron chi connectivity index (χ1n) is 2.28. The molecule has 2 radical (unpaired) electrons. The van der Waals surface area contributed by atoms with Crippen LogP contribution in [0.2, 0.25) is 0 Å². The molecule has 0 fully saturated rings. The summed E-state index contributed by atoms with van der Waals surface area (Å²) >= 11 is 3.38. The maximum Gasteiger partial charge on any atom is 0.0396 e. The van der Waals surface area contributed by atoms with E-state index in [0.717, 1.165) is 0 Å². The van der Waals surface area contributed by atoms with Crippen LogP contribution in [0.25, 0.3) is 0 Å². The average Bonchev–Trinajstić information content (AvgIpc) is 1.62. The van der Waals surface area contributed by atoms with Crippen molar-refractivity contribution in [3.63, 3.8) is 0 Å². The van der Waals surface area contributed by atoms with E-state index in [4.69, 9.17) is 0 Å². The highest BCUT2D eigenvalue weighted by atomic mass is 32.2. The monoisotopic (exact) mass is 142 g/mol. The molecule has 0 N–H and O–H groups in total. The second-order valence-electron chi connectivity index (χ2n) is 1.20. The number of hydrogen-bond donors (Lipinski definition) is 0. The Morgan fingerprint density at radius 3 is 2.00 bits per heavy atom. The van der Waals surface area contributed by atoms with Crippen molar-refractivity contribution in [3.8, 4) is 0 Å². The molecule has 0 amide bonds. The summed E-state index contributed by atoms with van der Waals surface area (Å²) in [6, 6.07) is 0. The Kier molecular flexibility index (Phi) is 3.23. The van der Waals surface area contributed by atoms with Crippen LogP contribution in [-0.4, -0.2) is 0 Å². The molecule has 0 bridgehead atoms. The molecule has 42 valence electrons. The predicted octanol–water partition coefficient (Wildman–Crippen LogP) is 2.82. The molecular formula is C6H6S2. The molecule has 0 nitrogen and oxygen atoms in total. The Balaban J connectivity index is 2.31. The van der Waals surface area contributed by atoms with Gasteiger partial charge in [0.25, 0.3) is 0 Å². The molecule has 0 atom stereocenters. The standard InChI is InChI=1S/C6H6S2/c1-3-7-5-2-6-8-4-1/h1-6H/b3-1-,5-2-. The minimum absolute atomic E-state index is 1.69. The van der Waals surface area contributed by atoms with Crippen molar-refractivity contribution >= 4 is 23.5 Å². The van der Waals surface area contributed by atoms with Crippen molar-refractivity contribution in [2.75, 3.05) is 0 Å². The molecule has 2 heteroatoms. The smallest absolute Gasteiger partial charge is 0.0396 e. The van der Waals surface area contributed by atoms with E-state index < -0.39 is 0 Å². The zero-order valence-corrected chi connectivity index (χ0v) is 5.91. The zero-order chi connectivity index (χ0) is 5.66. The van der Waals surface area contributed by atoms with Crippen LogP contribution < -0.4 is 0 Å². The largest absolute Gasteiger partial charge is 0.144 e. The van der Waals surface area contributed by atoms with Crippen molar-refractivity contribution in [3.05, 3.63) is 34.5 Å². The van der Waals surface area contributed by atoms with Gasteiger partial charge in [0.15, 0.2) is 0 Å². The van der Waals surface area contributed by atoms with Crippen molar-refractivity contribution < 1.29 is 0 Å². The molecule has 1 aliphatic heterocycles. The second kappa shape index (κ2) is 4.10. The fourth-order valence-corrected chi connectivity index (χ4v) is 1.39. The Bertz CT molecular complexity index is 93.1. The lowest BCUT2D eigenvalue weighted by atomic mass is 10.7. The summed E-state index contributed by atoms with van der Waals surface area (Å²) in [5, 5.41) is 4.10. The van der Waals surface area contributed by atoms with Gasteiger partial charge in [0.1, 0.15) is 0 Å². The summed E-state index contributed by atoms with van der Waals surface area (Å²) in [6.07, 6.45) is 4.07. The van der Waals surface area contributed by atoms with E-state index in [-0.39, 0.29) is 0 Å². The van der Waals surface area contributed by atoms with Gasteiger partial charge in [-0.2, -0.15) is 0 Å². The topological polar surface area (TPSA) is 0 Å². The van der Waals surface area contributed by atoms with E-state index in [1.54, 1.807) is 23.5 Å². The highest BCUT2D eigenvalue weighted by Gasteiger charge is 1.83. The van der Waals surface area contributed by atoms with E-state index in [1.165, 1.54) is 0 Å². The van der Waals surface area contributed by atoms with E-state index in [1.807, 2.05) is 12.2 Å². The third-order valence-corrected chi connectivity index (χ3v) is 1.89. The van der Waals surface area contributed by atoms with E-state index in [9.17, 15) is 0 Å². The summed E-state index contributed by atoms with van der Waals surface area (Å²) in [4.78, 5) is 0. The minimum Gasteiger partial charge on any atom is -0.144 e. The van der Waals surface area contributed by atoms with Gasteiger partial charge in [0, 0.05) is 11.5 Å². The Labute approximate surface area is 58.4 Å². The molecule has 0 spiro atoms. The van der Waals surface area contributed by atoms with Crippen molar-refractivity contribution in [1.82, 2.24) is 0 Å². The highest BCUT2D eigenvalue weighted by Crippen LogP contribution is 2.17. The number of rotatable bonds is 0. The van der Waals surface area contributed by atoms with Crippen LogP contribution in [-0.2, 0) is 0 Å². The lowest BCUT2D eigenvalue weighted by molar-refractivity contribution is 1.98. The molecule has 8 heavy (non-hydrogen) atoms. The maximum atomic E-state index is 2.05. The molecular weight excluding hydrogens is 136 g/mol. The second-order valence-corrected chi connectivity index (χ2v) is 2.83. The van der Waals surface area contributed by atoms with Crippen LogP contribution in [0.3, 0.4) is 0 Å². The van der Waals surface area contributed by atoms with Gasteiger partial charge in [0.2, 0.25) is 0 Å². The molecule has 1 aliphatic rings. The highest BCUT2D eigenvalue weighted by molar-refractivity contribution is 8.05. The Morgan fingerprint density at radius 2 is 1.38 bits per heavy atom. The third-order valence-electron chi connectivity index (χ3n) is 0.629. The van der Waals surface area contributed by atoms with Gasteiger partial charge in [-0.15, -0.1) is 23.5 Å². The lowest BCUT2D eigenvalue weighted by Crippen LogP contribution is -1.62. The minimum atomic E-state index is 1.69. The number of thioether (sulfide) groups is 2. The van der Waals surface area contributed by atoms with Crippen LogP contribution in [0, 0.1) is 11.5 Å². The molecule has 0 aromatic heterocycles. The van der Waals surface area contributed by atoms with Gasteiger partial charge < -0.3 is 0 Å². The summed E-state index contributed by atoms with van der Waals surface area (Å²) in [6.45, 7) is 0. The van der Waals surface area contributed by atoms with E-state index in [2.05, 4.69) is 22.3 Å². The van der Waals surface area contributed by atoms with Gasteiger partial charge in [-0.25, -0.2) is 0 Å². The van der Waals surface area contributed by atoms with Crippen LogP contribution in [0.4, 0.5) is 0 Å². The number of hydrogen-bond acceptors (Lipinski definition) is 2. The Hall–Kier alpha value is 0.180. The fourth-order valence-electron chi connectivity index (χ4n) is 0.336. The molecule has 0 saturated carbocycles. The molecule has 0 aliphatic carbocycles. The van der Waals surface area contributed by atoms with Gasteiger partial charge in [-0.1, -0.05) is 12.2 Å². The molecule has 0 aromatic rings. The fraction of sp³-hybridized carbons (Fsp3) is 0. The van der Waals surface area contributed by atoms with Crippen LogP contribution >= 0.6 is 23.5 Å². The van der Waals surface area contributed by atoms with Crippen molar-refractivity contribution in [2.45, 2.75) is 0 Å². The molecule has 0 saturated heterocycles. The molecule has 0 unspecified atom stereocenters. The normalized spacial score (nSPS) is 28.0. The van der Waals surface area contributed by atoms with Gasteiger partial charge in [-0.3, -0.25) is 0 Å². The summed E-state index contributed by atoms with van der Waals surface area (Å²) < 4.78 is 0. The van der Waals surface area contributed by atoms with E-state index >= 15 is 0 Å². The van der Waals surface area contributed by atoms with Gasteiger partial charge >= 0.3 is 0 Å². The summed E-state index contributed by atoms with van der Waals surface area (Å²) in [5.74, 6) is 4.10. The predicted molar refractivity (Wildman–Crippen MR) is 42.1 cm³/mol. The van der Waals surface area contributed by atoms with E-state index in [0.29, 0.717) is 0 Å². The Morgan fingerprint density at radius 1 is 0.750 bits per heavy atom. The first-order valence-corrected chi connectivity index (χ1v) is 4.16. The molecule has 0 aromatic carbocycles. The maximum absolute atomic E-state index is 2.05. The lowest BCUT2D eigenvalue weighted by Gasteiger charge is -1.91. The van der Waals surface area contributed by atoms with Gasteiger partial charge in [-0.05, 0) is 10.8 Å². The van der Waals surface area contributed by atoms with Crippen LogP contribution in [0.5, 0.6) is 0 Å². The van der Waals surface area contributed by atoms with Crippen molar-refractivity contribution in [2.24, 2.45) is 0 Å². The summed E-state index contributed by atoms with van der Waals surface area (Å²) in [5.41, 5.74) is 0. The zero-order valence-electron chi connectivity index (χ0n) is 4.28. The van der Waals surface area contributed by atoms with Crippen molar-refractivity contribution in [1.29, 1.82) is 0 Å². The first kappa shape index (κ1) is 6.30. The van der Waals surface area contributed by atoms with Gasteiger partial charge in [0.05, 0.1) is 0 Å². The summed E-state index contributed by atoms with van der Waals surface area (Å²) in [7, 11) is 0. The first-order chi connectivity index (χ1) is 4.00.